The van der Waals surface area contributed by atoms with E-state index in [1.165, 1.54) is 31.2 Å². The van der Waals surface area contributed by atoms with Gasteiger partial charge in [0.2, 0.25) is 0 Å². The van der Waals surface area contributed by atoms with Gasteiger partial charge in [-0.1, -0.05) is 60.7 Å². The Balaban J connectivity index is 1.41. The van der Waals surface area contributed by atoms with E-state index in [0.717, 1.165) is 65.9 Å². The van der Waals surface area contributed by atoms with E-state index in [1.807, 2.05) is 13.8 Å². The highest BCUT2D eigenvalue weighted by molar-refractivity contribution is 6.03. The molecule has 3 atom stereocenters. The molecule has 3 unspecified atom stereocenters. The number of hydrogen-bond donors (Lipinski definition) is 3. The van der Waals surface area contributed by atoms with Crippen molar-refractivity contribution in [3.05, 3.63) is 101 Å². The van der Waals surface area contributed by atoms with E-state index in [0.29, 0.717) is 18.7 Å². The molecule has 2 saturated heterocycles. The van der Waals surface area contributed by atoms with Gasteiger partial charge < -0.3 is 25.3 Å². The molecule has 6 heteroatoms. The van der Waals surface area contributed by atoms with Crippen molar-refractivity contribution < 1.29 is 9.53 Å². The zero-order valence-corrected chi connectivity index (χ0v) is 25.6. The van der Waals surface area contributed by atoms with E-state index in [-0.39, 0.29) is 17.9 Å². The fourth-order valence-corrected chi connectivity index (χ4v) is 6.97. The minimum absolute atomic E-state index is 0.0120. The maximum Gasteiger partial charge on any atom is 0.268 e. The minimum Gasteiger partial charge on any atom is -0.494 e. The molecule has 3 heterocycles. The van der Waals surface area contributed by atoms with E-state index in [4.69, 9.17) is 4.74 Å². The van der Waals surface area contributed by atoms with Crippen molar-refractivity contribution >= 4 is 16.8 Å². The molecule has 6 nitrogen and oxygen atoms in total. The number of fused-ring (bicyclic) bond motifs is 1. The monoisotopic (exact) mass is 578 g/mol. The molecule has 2 aliphatic heterocycles. The van der Waals surface area contributed by atoms with Crippen molar-refractivity contribution in [1.29, 1.82) is 0 Å². The Kier molecular flexibility index (Phi) is 9.45. The Labute approximate surface area is 256 Å². The zero-order valence-electron chi connectivity index (χ0n) is 25.6. The average Bonchev–Trinajstić information content (AvgIpc) is 3.79. The van der Waals surface area contributed by atoms with Crippen LogP contribution in [0.3, 0.4) is 0 Å². The smallest absolute Gasteiger partial charge is 0.268 e. The summed E-state index contributed by atoms with van der Waals surface area (Å²) in [4.78, 5) is 14.1. The number of carbonyl (C=O) groups excluding carboxylic acids is 1. The van der Waals surface area contributed by atoms with Crippen LogP contribution in [-0.4, -0.2) is 48.3 Å². The molecule has 2 fully saturated rings. The molecule has 3 N–H and O–H groups in total. The van der Waals surface area contributed by atoms with Crippen LogP contribution >= 0.6 is 0 Å². The Bertz CT molecular complexity index is 1480. The predicted molar refractivity (Wildman–Crippen MR) is 175 cm³/mol. The first kappa shape index (κ1) is 29.5. The average molecular weight is 579 g/mol. The number of aryl methyl sites for hydroxylation is 1. The summed E-state index contributed by atoms with van der Waals surface area (Å²) in [6.07, 6.45) is 6.93. The van der Waals surface area contributed by atoms with Crippen molar-refractivity contribution in [1.82, 2.24) is 20.5 Å². The van der Waals surface area contributed by atoms with E-state index in [2.05, 4.69) is 99.4 Å². The second-order valence-corrected chi connectivity index (χ2v) is 12.5. The van der Waals surface area contributed by atoms with Crippen molar-refractivity contribution in [2.24, 2.45) is 0 Å². The van der Waals surface area contributed by atoms with Gasteiger partial charge in [-0.2, -0.15) is 0 Å². The van der Waals surface area contributed by atoms with Gasteiger partial charge in [0.1, 0.15) is 11.4 Å². The molecule has 2 aliphatic rings. The third-order valence-electron chi connectivity index (χ3n) is 9.04. The van der Waals surface area contributed by atoms with Gasteiger partial charge >= 0.3 is 0 Å². The topological polar surface area (TPSA) is 67.3 Å². The first-order valence-electron chi connectivity index (χ1n) is 16.2. The number of rotatable bonds is 12. The van der Waals surface area contributed by atoms with Crippen LogP contribution in [0.5, 0.6) is 5.75 Å². The molecular weight excluding hydrogens is 532 g/mol. The molecule has 0 saturated carbocycles. The predicted octanol–water partition coefficient (Wildman–Crippen LogP) is 6.62. The summed E-state index contributed by atoms with van der Waals surface area (Å²) >= 11 is 0. The Morgan fingerprint density at radius 2 is 1.51 bits per heavy atom. The van der Waals surface area contributed by atoms with Crippen LogP contribution in [0.1, 0.15) is 85.5 Å². The van der Waals surface area contributed by atoms with Crippen LogP contribution in [0.4, 0.5) is 0 Å². The Hall–Kier alpha value is -3.61. The molecule has 0 bridgehead atoms. The van der Waals surface area contributed by atoms with Crippen molar-refractivity contribution in [3.63, 3.8) is 0 Å². The number of para-hydroxylation sites is 1. The number of nitrogens with one attached hydrogen (secondary N) is 3. The summed E-state index contributed by atoms with van der Waals surface area (Å²) < 4.78 is 8.45. The van der Waals surface area contributed by atoms with Crippen LogP contribution in [-0.2, 0) is 6.54 Å². The number of benzene rings is 3. The number of amides is 1. The number of nitrogens with zero attached hydrogens (tertiary/aromatic N) is 1. The van der Waals surface area contributed by atoms with Crippen LogP contribution in [0, 0.1) is 0 Å². The molecule has 3 aromatic carbocycles. The van der Waals surface area contributed by atoms with Crippen LogP contribution in [0.15, 0.2) is 78.9 Å². The van der Waals surface area contributed by atoms with Gasteiger partial charge in [-0.15, -0.1) is 0 Å². The highest BCUT2D eigenvalue weighted by Crippen LogP contribution is 2.41. The summed E-state index contributed by atoms with van der Waals surface area (Å²) in [6.45, 7) is 7.76. The summed E-state index contributed by atoms with van der Waals surface area (Å²) in [5.74, 6) is 0.765. The molecule has 1 aromatic heterocycles. The van der Waals surface area contributed by atoms with Crippen LogP contribution < -0.4 is 20.7 Å². The molecule has 0 aliphatic carbocycles. The SMILES string of the molecule is CC(C)NC(=O)c1c(C(c2ccccc2)c2ccc(OCCC3CCCN3)cc2)c2ccccc2n1CCC1CCCN1. The molecule has 1 amide bonds. The number of aromatic nitrogens is 1. The lowest BCUT2D eigenvalue weighted by atomic mass is 9.83. The van der Waals surface area contributed by atoms with E-state index >= 15 is 0 Å². The van der Waals surface area contributed by atoms with Crippen LogP contribution in [0.25, 0.3) is 10.9 Å². The first-order valence-corrected chi connectivity index (χ1v) is 16.2. The molecule has 0 spiro atoms. The third-order valence-corrected chi connectivity index (χ3v) is 9.04. The molecule has 43 heavy (non-hydrogen) atoms. The molecular formula is C37H46N4O2. The summed E-state index contributed by atoms with van der Waals surface area (Å²) in [6, 6.07) is 28.8. The second-order valence-electron chi connectivity index (χ2n) is 12.5. The maximum atomic E-state index is 14.1. The fourth-order valence-electron chi connectivity index (χ4n) is 6.97. The molecule has 226 valence electrons. The second kappa shape index (κ2) is 13.8. The summed E-state index contributed by atoms with van der Waals surface area (Å²) in [5.41, 5.74) is 5.27. The van der Waals surface area contributed by atoms with Crippen LogP contribution in [0.2, 0.25) is 0 Å². The zero-order chi connectivity index (χ0) is 29.6. The highest BCUT2D eigenvalue weighted by atomic mass is 16.5. The summed E-state index contributed by atoms with van der Waals surface area (Å²) in [5, 5.41) is 11.6. The number of hydrogen-bond acceptors (Lipinski definition) is 4. The van der Waals surface area contributed by atoms with Crippen molar-refractivity contribution in [3.8, 4) is 5.75 Å². The van der Waals surface area contributed by atoms with E-state index in [1.54, 1.807) is 0 Å². The van der Waals surface area contributed by atoms with Gasteiger partial charge in [-0.3, -0.25) is 4.79 Å². The van der Waals surface area contributed by atoms with Gasteiger partial charge in [0.25, 0.3) is 5.91 Å². The van der Waals surface area contributed by atoms with Gasteiger partial charge in [0.05, 0.1) is 6.61 Å². The minimum atomic E-state index is -0.110. The number of carbonyl (C=O) groups is 1. The van der Waals surface area contributed by atoms with Gasteiger partial charge in [0.15, 0.2) is 0 Å². The lowest BCUT2D eigenvalue weighted by molar-refractivity contribution is 0.0932. The first-order chi connectivity index (χ1) is 21.1. The molecule has 0 radical (unpaired) electrons. The maximum absolute atomic E-state index is 14.1. The van der Waals surface area contributed by atoms with Gasteiger partial charge in [-0.05, 0) is 94.8 Å². The van der Waals surface area contributed by atoms with Crippen molar-refractivity contribution in [2.45, 2.75) is 83.0 Å². The lowest BCUT2D eigenvalue weighted by Crippen LogP contribution is -2.33. The Morgan fingerprint density at radius 3 is 2.19 bits per heavy atom. The Morgan fingerprint density at radius 1 is 0.860 bits per heavy atom. The van der Waals surface area contributed by atoms with E-state index < -0.39 is 0 Å². The third kappa shape index (κ3) is 6.81. The largest absolute Gasteiger partial charge is 0.494 e. The highest BCUT2D eigenvalue weighted by Gasteiger charge is 2.31. The standard InChI is InChI=1S/C37H46N4O2/c1-26(2)40-37(42)36-35(32-14-6-7-15-33(32)41(36)24-20-29-12-8-22-38-29)34(27-10-4-3-5-11-27)28-16-18-31(19-17-28)43-25-21-30-13-9-23-39-30/h3-7,10-11,14-19,26,29-30,34,38-39H,8-9,12-13,20-25H2,1-2H3,(H,40,42). The van der Waals surface area contributed by atoms with Crippen molar-refractivity contribution in [2.75, 3.05) is 19.7 Å². The number of ether oxygens (including phenoxy) is 1. The normalized spacial score (nSPS) is 19.2. The van der Waals surface area contributed by atoms with Gasteiger partial charge in [-0.25, -0.2) is 0 Å². The summed E-state index contributed by atoms with van der Waals surface area (Å²) in [7, 11) is 0. The molecule has 6 rings (SSSR count). The molecule has 4 aromatic rings. The fraction of sp³-hybridized carbons (Fsp3) is 0.432. The van der Waals surface area contributed by atoms with Gasteiger partial charge in [0, 0.05) is 47.1 Å². The lowest BCUT2D eigenvalue weighted by Gasteiger charge is -2.22. The van der Waals surface area contributed by atoms with E-state index in [9.17, 15) is 4.79 Å². The quantitative estimate of drug-likeness (QED) is 0.177.